The zero-order valence-electron chi connectivity index (χ0n) is 18.1. The van der Waals surface area contributed by atoms with Crippen LogP contribution in [0.4, 0.5) is 0 Å². The van der Waals surface area contributed by atoms with E-state index in [0.717, 1.165) is 0 Å². The first-order valence-corrected chi connectivity index (χ1v) is 16.8. The third-order valence-corrected chi connectivity index (χ3v) is 22.1. The van der Waals surface area contributed by atoms with Crippen molar-refractivity contribution in [2.24, 2.45) is 5.92 Å². The number of hydrogen-bond acceptors (Lipinski definition) is 1. The average Bonchev–Trinajstić information content (AvgIpc) is 2.84. The third-order valence-electron chi connectivity index (χ3n) is 6.45. The summed E-state index contributed by atoms with van der Waals surface area (Å²) in [7, 11) is 0. The SMILES string of the molecule is CC(=O)[C@H](C)[C@H](c1ccccc1)[Sn]([c]1ccccc1)([c]1ccccc1)[c]1ccccc1. The molecule has 0 amide bonds. The molecule has 0 bridgehead atoms. The normalized spacial score (nSPS) is 13.4. The van der Waals surface area contributed by atoms with E-state index < -0.39 is 18.4 Å². The molecule has 1 nitrogen and oxygen atoms in total. The van der Waals surface area contributed by atoms with E-state index in [0.29, 0.717) is 0 Å². The van der Waals surface area contributed by atoms with Gasteiger partial charge in [-0.25, -0.2) is 0 Å². The van der Waals surface area contributed by atoms with Crippen molar-refractivity contribution in [1.29, 1.82) is 0 Å². The van der Waals surface area contributed by atoms with Crippen molar-refractivity contribution in [3.8, 4) is 0 Å². The summed E-state index contributed by atoms with van der Waals surface area (Å²) in [6.45, 7) is 3.87. The van der Waals surface area contributed by atoms with E-state index in [9.17, 15) is 4.79 Å². The summed E-state index contributed by atoms with van der Waals surface area (Å²) < 4.78 is 4.34. The summed E-state index contributed by atoms with van der Waals surface area (Å²) in [5, 5.41) is 0. The molecule has 4 aromatic rings. The van der Waals surface area contributed by atoms with Crippen molar-refractivity contribution < 1.29 is 4.79 Å². The predicted molar refractivity (Wildman–Crippen MR) is 133 cm³/mol. The fraction of sp³-hybridized carbons (Fsp3) is 0.138. The second-order valence-corrected chi connectivity index (χ2v) is 19.5. The molecule has 0 aliphatic rings. The molecule has 0 radical (unpaired) electrons. The molecule has 0 fully saturated rings. The van der Waals surface area contributed by atoms with Gasteiger partial charge in [-0.15, -0.1) is 0 Å². The van der Waals surface area contributed by atoms with Crippen LogP contribution in [0.1, 0.15) is 23.3 Å². The van der Waals surface area contributed by atoms with Gasteiger partial charge in [-0.1, -0.05) is 0 Å². The van der Waals surface area contributed by atoms with Gasteiger partial charge < -0.3 is 0 Å². The first kappa shape index (κ1) is 21.6. The van der Waals surface area contributed by atoms with Crippen LogP contribution in [-0.4, -0.2) is 24.2 Å². The van der Waals surface area contributed by atoms with Crippen molar-refractivity contribution in [2.45, 2.75) is 17.8 Å². The average molecular weight is 511 g/mol. The Bertz CT molecular complexity index is 1010. The van der Waals surface area contributed by atoms with E-state index in [-0.39, 0.29) is 15.6 Å². The Morgan fingerprint density at radius 1 is 0.581 bits per heavy atom. The maximum absolute atomic E-state index is 12.9. The van der Waals surface area contributed by atoms with Crippen LogP contribution >= 0.6 is 0 Å². The number of rotatable bonds is 7. The van der Waals surface area contributed by atoms with E-state index >= 15 is 0 Å². The van der Waals surface area contributed by atoms with Gasteiger partial charge >= 0.3 is 190 Å². The van der Waals surface area contributed by atoms with Gasteiger partial charge in [0.15, 0.2) is 0 Å². The summed E-state index contributed by atoms with van der Waals surface area (Å²) in [5.41, 5.74) is 1.26. The molecule has 4 aromatic carbocycles. The molecule has 0 aliphatic carbocycles. The number of Topliss-reactive ketones (excluding diaryl/α,β-unsaturated/α-hetero) is 1. The van der Waals surface area contributed by atoms with E-state index in [1.807, 2.05) is 0 Å². The fourth-order valence-corrected chi connectivity index (χ4v) is 21.8. The molecule has 2 atom stereocenters. The van der Waals surface area contributed by atoms with Crippen LogP contribution in [0.25, 0.3) is 0 Å². The molecule has 2 heteroatoms. The van der Waals surface area contributed by atoms with Crippen molar-refractivity contribution in [2.75, 3.05) is 0 Å². The van der Waals surface area contributed by atoms with Gasteiger partial charge in [0.2, 0.25) is 0 Å². The summed E-state index contributed by atoms with van der Waals surface area (Å²) >= 11 is -3.73. The van der Waals surface area contributed by atoms with Crippen LogP contribution in [0.3, 0.4) is 0 Å². The van der Waals surface area contributed by atoms with Crippen LogP contribution in [0.15, 0.2) is 121 Å². The Balaban J connectivity index is 2.16. The second-order valence-electron chi connectivity index (χ2n) is 8.19. The Hall–Kier alpha value is -2.65. The third kappa shape index (κ3) is 4.12. The van der Waals surface area contributed by atoms with E-state index in [1.54, 1.807) is 6.92 Å². The minimum atomic E-state index is -3.73. The van der Waals surface area contributed by atoms with Gasteiger partial charge in [0.05, 0.1) is 0 Å². The first-order valence-electron chi connectivity index (χ1n) is 10.9. The Kier molecular flexibility index (Phi) is 6.72. The standard InChI is InChI=1S/C11H13O.3C6H5.Sn/c1-9(10(2)12)8-11-6-4-3-5-7-11;3*1-2-4-6-5-3-1;/h3-9H,1-2H3;3*1-5H;/t9-;;;;/m1..../s1. The molecule has 0 saturated carbocycles. The van der Waals surface area contributed by atoms with Crippen LogP contribution in [0, 0.1) is 5.92 Å². The molecule has 154 valence electrons. The number of carbonyl (C=O) groups excluding carboxylic acids is 1. The summed E-state index contributed by atoms with van der Waals surface area (Å²) in [5.74, 6) is 0.163. The van der Waals surface area contributed by atoms with Gasteiger partial charge in [-0.05, 0) is 0 Å². The van der Waals surface area contributed by atoms with Crippen LogP contribution in [0.2, 0.25) is 0 Å². The zero-order chi connectivity index (χ0) is 21.7. The number of hydrogen-bond donors (Lipinski definition) is 0. The van der Waals surface area contributed by atoms with Crippen molar-refractivity contribution in [3.05, 3.63) is 127 Å². The van der Waals surface area contributed by atoms with Crippen LogP contribution in [0.5, 0.6) is 0 Å². The number of ketones is 1. The number of benzene rings is 4. The molecule has 0 saturated heterocycles. The van der Waals surface area contributed by atoms with Crippen LogP contribution in [-0.2, 0) is 4.79 Å². The quantitative estimate of drug-likeness (QED) is 0.329. The summed E-state index contributed by atoms with van der Waals surface area (Å²) in [4.78, 5) is 12.9. The monoisotopic (exact) mass is 512 g/mol. The van der Waals surface area contributed by atoms with Gasteiger partial charge in [-0.3, -0.25) is 0 Å². The van der Waals surface area contributed by atoms with Crippen molar-refractivity contribution in [1.82, 2.24) is 0 Å². The molecule has 4 rings (SSSR count). The van der Waals surface area contributed by atoms with Gasteiger partial charge in [0.1, 0.15) is 0 Å². The molecular formula is C29H28OSn. The summed E-state index contributed by atoms with van der Waals surface area (Å²) in [6.07, 6.45) is 0. The minimum absolute atomic E-state index is 0.0844. The van der Waals surface area contributed by atoms with E-state index in [2.05, 4.69) is 128 Å². The fourth-order valence-electron chi connectivity index (χ4n) is 4.95. The maximum atomic E-state index is 12.9. The van der Waals surface area contributed by atoms with Gasteiger partial charge in [0.25, 0.3) is 0 Å². The van der Waals surface area contributed by atoms with Crippen molar-refractivity contribution in [3.63, 3.8) is 0 Å². The van der Waals surface area contributed by atoms with Gasteiger partial charge in [0, 0.05) is 0 Å². The topological polar surface area (TPSA) is 17.1 Å². The molecule has 0 unspecified atom stereocenters. The zero-order valence-corrected chi connectivity index (χ0v) is 21.0. The van der Waals surface area contributed by atoms with E-state index in [1.165, 1.54) is 16.3 Å². The Morgan fingerprint density at radius 2 is 0.903 bits per heavy atom. The molecule has 0 heterocycles. The second kappa shape index (κ2) is 9.65. The Labute approximate surface area is 189 Å². The summed E-state index contributed by atoms with van der Waals surface area (Å²) in [6, 6.07) is 43.6. The Morgan fingerprint density at radius 3 is 1.23 bits per heavy atom. The molecule has 0 aromatic heterocycles. The van der Waals surface area contributed by atoms with Crippen LogP contribution < -0.4 is 10.7 Å². The first-order chi connectivity index (χ1) is 15.2. The van der Waals surface area contributed by atoms with E-state index in [4.69, 9.17) is 0 Å². The van der Waals surface area contributed by atoms with Crippen molar-refractivity contribution >= 4 is 34.9 Å². The predicted octanol–water partition coefficient (Wildman–Crippen LogP) is 4.70. The molecule has 0 spiro atoms. The van der Waals surface area contributed by atoms with Gasteiger partial charge in [-0.2, -0.15) is 0 Å². The molecular weight excluding hydrogens is 483 g/mol. The molecule has 0 N–H and O–H groups in total. The number of carbonyl (C=O) groups is 1. The molecule has 31 heavy (non-hydrogen) atoms. The molecule has 0 aliphatic heterocycles.